The van der Waals surface area contributed by atoms with Crippen LogP contribution in [-0.4, -0.2) is 83.5 Å². The summed E-state index contributed by atoms with van der Waals surface area (Å²) in [6.07, 6.45) is 2.27. The molecule has 0 radical (unpaired) electrons. The molecule has 2 aliphatic rings. The molecular weight excluding hydrogens is 644 g/mol. The van der Waals surface area contributed by atoms with Crippen LogP contribution in [-0.2, 0) is 23.1 Å². The summed E-state index contributed by atoms with van der Waals surface area (Å²) in [4.78, 5) is 57.0. The van der Waals surface area contributed by atoms with Gasteiger partial charge in [0.15, 0.2) is 0 Å². The van der Waals surface area contributed by atoms with Gasteiger partial charge < -0.3 is 9.80 Å². The molecule has 1 atom stereocenters. The van der Waals surface area contributed by atoms with Crippen molar-refractivity contribution < 1.29 is 18.8 Å². The van der Waals surface area contributed by atoms with Crippen molar-refractivity contribution in [1.29, 1.82) is 0 Å². The Morgan fingerprint density at radius 1 is 1.00 bits per heavy atom. The van der Waals surface area contributed by atoms with Gasteiger partial charge in [-0.2, -0.15) is 0 Å². The normalized spacial score (nSPS) is 17.2. The second-order valence-corrected chi connectivity index (χ2v) is 14.1. The minimum absolute atomic E-state index is 0.132. The van der Waals surface area contributed by atoms with Gasteiger partial charge in [-0.3, -0.25) is 33.7 Å². The monoisotopic (exact) mass is 682 g/mol. The molecule has 7 rings (SSSR count). The molecule has 254 valence electrons. The zero-order valence-electron chi connectivity index (χ0n) is 27.9. The summed E-state index contributed by atoms with van der Waals surface area (Å²) in [6, 6.07) is 18.6. The number of aromatic nitrogens is 2. The number of imide groups is 1. The average Bonchev–Trinajstić information content (AvgIpc) is 3.65. The predicted molar refractivity (Wildman–Crippen MR) is 191 cm³/mol. The number of piperidine rings is 1. The van der Waals surface area contributed by atoms with E-state index in [2.05, 4.69) is 45.4 Å². The Bertz CT molecular complexity index is 2140. The van der Waals surface area contributed by atoms with Gasteiger partial charge in [-0.15, -0.1) is 11.3 Å². The van der Waals surface area contributed by atoms with Crippen molar-refractivity contribution in [2.24, 2.45) is 7.05 Å². The van der Waals surface area contributed by atoms with Crippen LogP contribution in [0.25, 0.3) is 32.2 Å². The minimum Gasteiger partial charge on any atom is -0.369 e. The second kappa shape index (κ2) is 13.2. The molecule has 0 aliphatic carbocycles. The maximum absolute atomic E-state index is 14.7. The smallest absolute Gasteiger partial charge is 0.329 e. The van der Waals surface area contributed by atoms with Crippen LogP contribution in [0.5, 0.6) is 0 Å². The van der Waals surface area contributed by atoms with Gasteiger partial charge in [0, 0.05) is 64.8 Å². The molecule has 5 aromatic rings. The summed E-state index contributed by atoms with van der Waals surface area (Å²) in [5.74, 6) is -1.17. The van der Waals surface area contributed by atoms with E-state index in [0.717, 1.165) is 84.4 Å². The van der Waals surface area contributed by atoms with E-state index in [0.29, 0.717) is 16.0 Å². The van der Waals surface area contributed by atoms with E-state index in [1.165, 1.54) is 22.3 Å². The highest BCUT2D eigenvalue weighted by Crippen LogP contribution is 2.37. The summed E-state index contributed by atoms with van der Waals surface area (Å²) in [6.45, 7) is 4.61. The highest BCUT2D eigenvalue weighted by Gasteiger charge is 2.31. The van der Waals surface area contributed by atoms with Gasteiger partial charge in [0.2, 0.25) is 11.8 Å². The molecular formula is C37H39FN6O4S. The molecule has 0 bridgehead atoms. The molecule has 2 saturated heterocycles. The van der Waals surface area contributed by atoms with Crippen molar-refractivity contribution in [2.45, 2.75) is 31.7 Å². The highest BCUT2D eigenvalue weighted by molar-refractivity contribution is 7.21. The fourth-order valence-electron chi connectivity index (χ4n) is 7.19. The molecule has 0 spiro atoms. The Balaban J connectivity index is 0.975. The first-order valence-electron chi connectivity index (χ1n) is 16.6. The number of anilines is 1. The molecule has 0 saturated carbocycles. The van der Waals surface area contributed by atoms with Gasteiger partial charge in [0.05, 0.1) is 20.6 Å². The number of benzene rings is 3. The van der Waals surface area contributed by atoms with Gasteiger partial charge in [-0.1, -0.05) is 30.3 Å². The van der Waals surface area contributed by atoms with Crippen LogP contribution < -0.4 is 15.9 Å². The predicted octanol–water partition coefficient (Wildman–Crippen LogP) is 4.80. The first-order valence-corrected chi connectivity index (χ1v) is 17.5. The van der Waals surface area contributed by atoms with Crippen LogP contribution in [0, 0.1) is 5.82 Å². The molecule has 1 unspecified atom stereocenters. The first kappa shape index (κ1) is 32.7. The Morgan fingerprint density at radius 3 is 2.47 bits per heavy atom. The van der Waals surface area contributed by atoms with Gasteiger partial charge in [0.1, 0.15) is 11.9 Å². The SMILES string of the molecule is CN(C)C(=O)c1cc2c(-c3ccc(N4CCN(CCCc5cccc6c5n(C)c(=O)n6C5CCC(=O)NC5=O)CC4)cc3)ccc(F)c2s1. The zero-order valence-corrected chi connectivity index (χ0v) is 28.7. The Morgan fingerprint density at radius 2 is 1.76 bits per heavy atom. The number of thiophene rings is 1. The third kappa shape index (κ3) is 6.15. The lowest BCUT2D eigenvalue weighted by atomic mass is 10.0. The molecule has 1 N–H and O–H groups in total. The largest absolute Gasteiger partial charge is 0.369 e. The molecule has 10 nitrogen and oxygen atoms in total. The third-order valence-electron chi connectivity index (χ3n) is 9.80. The average molecular weight is 683 g/mol. The maximum atomic E-state index is 14.7. The van der Waals surface area contributed by atoms with Crippen molar-refractivity contribution in [3.8, 4) is 11.1 Å². The molecule has 49 heavy (non-hydrogen) atoms. The number of carbonyl (C=O) groups is 3. The van der Waals surface area contributed by atoms with Crippen molar-refractivity contribution in [1.82, 2.24) is 24.3 Å². The maximum Gasteiger partial charge on any atom is 0.329 e. The van der Waals surface area contributed by atoms with Crippen molar-refractivity contribution >= 4 is 55.9 Å². The van der Waals surface area contributed by atoms with Crippen LogP contribution in [0.2, 0.25) is 0 Å². The molecule has 3 amide bonds. The molecule has 2 fully saturated rings. The number of piperazine rings is 1. The van der Waals surface area contributed by atoms with Crippen LogP contribution in [0.1, 0.15) is 40.5 Å². The van der Waals surface area contributed by atoms with Crippen LogP contribution in [0.4, 0.5) is 10.1 Å². The molecule has 3 aromatic carbocycles. The number of halogens is 1. The fraction of sp³-hybridized carbons (Fsp3) is 0.351. The van der Waals surface area contributed by atoms with Crippen molar-refractivity contribution in [3.63, 3.8) is 0 Å². The number of amides is 3. The lowest BCUT2D eigenvalue weighted by Crippen LogP contribution is -2.46. The van der Waals surface area contributed by atoms with Crippen molar-refractivity contribution in [2.75, 3.05) is 51.7 Å². The Labute approximate surface area is 287 Å². The van der Waals surface area contributed by atoms with E-state index in [1.54, 1.807) is 42.4 Å². The Hall–Kier alpha value is -4.81. The molecule has 2 aromatic heterocycles. The van der Waals surface area contributed by atoms with Crippen LogP contribution in [0.15, 0.2) is 65.5 Å². The lowest BCUT2D eigenvalue weighted by molar-refractivity contribution is -0.135. The number of hydrogen-bond acceptors (Lipinski definition) is 7. The number of hydrogen-bond donors (Lipinski definition) is 1. The van der Waals surface area contributed by atoms with Crippen LogP contribution in [0.3, 0.4) is 0 Å². The second-order valence-electron chi connectivity index (χ2n) is 13.1. The van der Waals surface area contributed by atoms with E-state index < -0.39 is 11.9 Å². The topological polar surface area (TPSA) is 99.9 Å². The Kier molecular flexibility index (Phi) is 8.84. The number of carbonyl (C=O) groups excluding carboxylic acids is 3. The van der Waals surface area contributed by atoms with E-state index in [9.17, 15) is 23.6 Å². The quantitative estimate of drug-likeness (QED) is 0.236. The zero-order chi connectivity index (χ0) is 34.4. The number of para-hydroxylation sites is 1. The van der Waals surface area contributed by atoms with Crippen LogP contribution >= 0.6 is 11.3 Å². The number of nitrogens with zero attached hydrogens (tertiary/aromatic N) is 5. The molecule has 4 heterocycles. The van der Waals surface area contributed by atoms with Crippen molar-refractivity contribution in [3.05, 3.63) is 87.4 Å². The van der Waals surface area contributed by atoms with Gasteiger partial charge in [0.25, 0.3) is 5.91 Å². The number of nitrogens with one attached hydrogen (secondary N) is 1. The minimum atomic E-state index is -0.690. The first-order chi connectivity index (χ1) is 23.6. The summed E-state index contributed by atoms with van der Waals surface area (Å²) < 4.78 is 18.3. The third-order valence-corrected chi connectivity index (χ3v) is 10.9. The summed E-state index contributed by atoms with van der Waals surface area (Å²) in [5.41, 5.74) is 5.42. The fourth-order valence-corrected chi connectivity index (χ4v) is 8.30. The van der Waals surface area contributed by atoms with E-state index in [-0.39, 0.29) is 29.7 Å². The van der Waals surface area contributed by atoms with E-state index in [4.69, 9.17) is 0 Å². The summed E-state index contributed by atoms with van der Waals surface area (Å²) in [7, 11) is 5.14. The highest BCUT2D eigenvalue weighted by atomic mass is 32.1. The summed E-state index contributed by atoms with van der Waals surface area (Å²) in [5, 5.41) is 3.13. The lowest BCUT2D eigenvalue weighted by Gasteiger charge is -2.36. The molecule has 12 heteroatoms. The van der Waals surface area contributed by atoms with Gasteiger partial charge >= 0.3 is 5.69 Å². The van der Waals surface area contributed by atoms with E-state index >= 15 is 0 Å². The number of aryl methyl sites for hydroxylation is 2. The summed E-state index contributed by atoms with van der Waals surface area (Å²) >= 11 is 1.19. The standard InChI is InChI=1S/C37H39FN6O4S/c1-40(2)36(47)31-22-27-26(13-14-28(38)34(27)49-31)23-9-11-25(12-10-23)43-20-18-42(19-21-43)17-5-7-24-6-4-8-29-33(24)41(3)37(48)44(29)30-15-16-32(45)39-35(30)46/h4,6,8-14,22,30H,5,7,15-21H2,1-3H3,(H,39,45,46). The van der Waals surface area contributed by atoms with Gasteiger partial charge in [-0.25, -0.2) is 9.18 Å². The molecule has 2 aliphatic heterocycles. The number of fused-ring (bicyclic) bond motifs is 2. The van der Waals surface area contributed by atoms with Gasteiger partial charge in [-0.05, 0) is 72.8 Å². The number of imidazole rings is 1. The van der Waals surface area contributed by atoms with E-state index in [1.807, 2.05) is 12.1 Å². The number of rotatable bonds is 8.